The van der Waals surface area contributed by atoms with E-state index in [0.29, 0.717) is 0 Å². The molecule has 0 aliphatic heterocycles. The molecule has 0 spiro atoms. The van der Waals surface area contributed by atoms with E-state index in [2.05, 4.69) is 11.3 Å². The maximum atomic E-state index is 10.5. The van der Waals surface area contributed by atoms with Gasteiger partial charge in [-0.05, 0) is 0 Å². The first kappa shape index (κ1) is 10.1. The van der Waals surface area contributed by atoms with Gasteiger partial charge in [-0.2, -0.15) is 0 Å². The monoisotopic (exact) mass is 160 g/mol. The predicted octanol–water partition coefficient (Wildman–Crippen LogP) is -0.277. The van der Waals surface area contributed by atoms with Crippen LogP contribution in [0.4, 0.5) is 0 Å². The summed E-state index contributed by atoms with van der Waals surface area (Å²) in [5, 5.41) is 8.57. The molecule has 11 heavy (non-hydrogen) atoms. The van der Waals surface area contributed by atoms with E-state index in [1.807, 2.05) is 0 Å². The topological polar surface area (TPSA) is 55.8 Å². The third-order valence-corrected chi connectivity index (χ3v) is 1.12. The number of carbonyl (C=O) groups is 1. The molecule has 0 amide bonds. The van der Waals surface area contributed by atoms with Crippen LogP contribution < -0.4 is 0 Å². The summed E-state index contributed by atoms with van der Waals surface area (Å²) < 4.78 is 9.33. The van der Waals surface area contributed by atoms with Gasteiger partial charge in [0.15, 0.2) is 0 Å². The van der Waals surface area contributed by atoms with Gasteiger partial charge in [-0.15, -0.1) is 0 Å². The fraction of sp³-hybridized carbons (Fsp3) is 0.571. The highest BCUT2D eigenvalue weighted by Crippen LogP contribution is 1.90. The summed E-state index contributed by atoms with van der Waals surface area (Å²) in [4.78, 5) is 10.5. The molecular weight excluding hydrogens is 148 g/mol. The van der Waals surface area contributed by atoms with Crippen LogP contribution in [0, 0.1) is 0 Å². The Morgan fingerprint density at radius 3 is 2.82 bits per heavy atom. The van der Waals surface area contributed by atoms with Gasteiger partial charge >= 0.3 is 5.97 Å². The number of hydrogen-bond donors (Lipinski definition) is 1. The molecule has 1 unspecified atom stereocenters. The van der Waals surface area contributed by atoms with Crippen molar-refractivity contribution in [3.63, 3.8) is 0 Å². The summed E-state index contributed by atoms with van der Waals surface area (Å²) >= 11 is 0. The van der Waals surface area contributed by atoms with E-state index in [-0.39, 0.29) is 13.2 Å². The molecule has 0 radical (unpaired) electrons. The summed E-state index contributed by atoms with van der Waals surface area (Å²) in [6.07, 6.45) is 0.614. The summed E-state index contributed by atoms with van der Waals surface area (Å²) in [5.74, 6) is -0.513. The summed E-state index contributed by atoms with van der Waals surface area (Å²) in [5.41, 5.74) is 0. The molecule has 64 valence electrons. The van der Waals surface area contributed by atoms with Gasteiger partial charge in [0.05, 0.1) is 6.61 Å². The molecule has 0 rings (SSSR count). The number of carbonyl (C=O) groups excluding carboxylic acids is 1. The van der Waals surface area contributed by atoms with Crippen LogP contribution in [-0.4, -0.2) is 37.5 Å². The SMILES string of the molecule is C=CC(=O)OCC(CO)OC. The molecule has 1 atom stereocenters. The Balaban J connectivity index is 3.49. The van der Waals surface area contributed by atoms with Crippen molar-refractivity contribution in [1.29, 1.82) is 0 Å². The van der Waals surface area contributed by atoms with Crippen molar-refractivity contribution in [2.75, 3.05) is 20.3 Å². The van der Waals surface area contributed by atoms with Crippen LogP contribution in [0.25, 0.3) is 0 Å². The molecular formula is C7H12O4. The van der Waals surface area contributed by atoms with E-state index < -0.39 is 12.1 Å². The molecule has 4 heteroatoms. The molecule has 0 aromatic heterocycles. The first-order chi connectivity index (χ1) is 5.24. The van der Waals surface area contributed by atoms with Crippen molar-refractivity contribution >= 4 is 5.97 Å². The van der Waals surface area contributed by atoms with Gasteiger partial charge < -0.3 is 14.6 Å². The number of aliphatic hydroxyl groups is 1. The van der Waals surface area contributed by atoms with E-state index in [1.165, 1.54) is 7.11 Å². The predicted molar refractivity (Wildman–Crippen MR) is 39.0 cm³/mol. The lowest BCUT2D eigenvalue weighted by atomic mass is 10.4. The fourth-order valence-electron chi connectivity index (χ4n) is 0.429. The van der Waals surface area contributed by atoms with Crippen molar-refractivity contribution in [2.45, 2.75) is 6.10 Å². The quantitative estimate of drug-likeness (QED) is 0.444. The minimum atomic E-state index is -0.513. The second kappa shape index (κ2) is 5.88. The zero-order valence-corrected chi connectivity index (χ0v) is 6.45. The zero-order chi connectivity index (χ0) is 8.69. The molecule has 0 saturated heterocycles. The van der Waals surface area contributed by atoms with Crippen LogP contribution >= 0.6 is 0 Å². The van der Waals surface area contributed by atoms with E-state index in [1.54, 1.807) is 0 Å². The lowest BCUT2D eigenvalue weighted by molar-refractivity contribution is -0.142. The molecule has 0 heterocycles. The first-order valence-corrected chi connectivity index (χ1v) is 3.17. The van der Waals surface area contributed by atoms with Crippen molar-refractivity contribution in [1.82, 2.24) is 0 Å². The van der Waals surface area contributed by atoms with Crippen LogP contribution in [0.5, 0.6) is 0 Å². The summed E-state index contributed by atoms with van der Waals surface area (Å²) in [6, 6.07) is 0. The average Bonchev–Trinajstić information content (AvgIpc) is 2.06. The number of rotatable bonds is 5. The van der Waals surface area contributed by atoms with Gasteiger partial charge in [0, 0.05) is 13.2 Å². The molecule has 0 bridgehead atoms. The normalized spacial score (nSPS) is 12.2. The molecule has 0 aliphatic carbocycles. The van der Waals surface area contributed by atoms with Gasteiger partial charge in [0.1, 0.15) is 12.7 Å². The number of methoxy groups -OCH3 is 1. The molecule has 4 nitrogen and oxygen atoms in total. The molecule has 0 aromatic rings. The lowest BCUT2D eigenvalue weighted by Gasteiger charge is -2.10. The Labute approximate surface area is 65.4 Å². The van der Waals surface area contributed by atoms with E-state index >= 15 is 0 Å². The maximum Gasteiger partial charge on any atom is 0.330 e. The fourth-order valence-corrected chi connectivity index (χ4v) is 0.429. The van der Waals surface area contributed by atoms with Gasteiger partial charge in [0.25, 0.3) is 0 Å². The van der Waals surface area contributed by atoms with E-state index in [9.17, 15) is 4.79 Å². The Hall–Kier alpha value is -0.870. The first-order valence-electron chi connectivity index (χ1n) is 3.17. The van der Waals surface area contributed by atoms with Gasteiger partial charge in [-0.1, -0.05) is 6.58 Å². The highest BCUT2D eigenvalue weighted by Gasteiger charge is 2.06. The molecule has 0 saturated carbocycles. The second-order valence-electron chi connectivity index (χ2n) is 1.87. The summed E-state index contributed by atoms with van der Waals surface area (Å²) in [7, 11) is 1.43. The number of aliphatic hydroxyl groups excluding tert-OH is 1. The van der Waals surface area contributed by atoms with Crippen LogP contribution in [0.15, 0.2) is 12.7 Å². The zero-order valence-electron chi connectivity index (χ0n) is 6.45. The van der Waals surface area contributed by atoms with Gasteiger partial charge in [-0.3, -0.25) is 0 Å². The Kier molecular flexibility index (Phi) is 5.42. The van der Waals surface area contributed by atoms with Crippen LogP contribution in [0.1, 0.15) is 0 Å². The minimum absolute atomic E-state index is 0.0534. The maximum absolute atomic E-state index is 10.5. The minimum Gasteiger partial charge on any atom is -0.460 e. The summed E-state index contributed by atoms with van der Waals surface area (Å²) in [6.45, 7) is 3.10. The molecule has 0 aliphatic rings. The Bertz CT molecular complexity index is 128. The van der Waals surface area contributed by atoms with Crippen LogP contribution in [-0.2, 0) is 14.3 Å². The van der Waals surface area contributed by atoms with Crippen molar-refractivity contribution in [2.24, 2.45) is 0 Å². The smallest absolute Gasteiger partial charge is 0.330 e. The molecule has 0 fully saturated rings. The van der Waals surface area contributed by atoms with Crippen molar-refractivity contribution in [3.8, 4) is 0 Å². The third-order valence-electron chi connectivity index (χ3n) is 1.12. The van der Waals surface area contributed by atoms with Crippen molar-refractivity contribution < 1.29 is 19.4 Å². The van der Waals surface area contributed by atoms with E-state index in [4.69, 9.17) is 9.84 Å². The molecule has 0 aromatic carbocycles. The number of esters is 1. The van der Waals surface area contributed by atoms with Gasteiger partial charge in [0.2, 0.25) is 0 Å². The second-order valence-corrected chi connectivity index (χ2v) is 1.87. The highest BCUT2D eigenvalue weighted by molar-refractivity contribution is 5.81. The number of hydrogen-bond acceptors (Lipinski definition) is 4. The highest BCUT2D eigenvalue weighted by atomic mass is 16.6. The third kappa shape index (κ3) is 4.52. The van der Waals surface area contributed by atoms with Crippen LogP contribution in [0.2, 0.25) is 0 Å². The number of ether oxygens (including phenoxy) is 2. The Morgan fingerprint density at radius 1 is 1.82 bits per heavy atom. The Morgan fingerprint density at radius 2 is 2.45 bits per heavy atom. The van der Waals surface area contributed by atoms with Crippen LogP contribution in [0.3, 0.4) is 0 Å². The standard InChI is InChI=1S/C7H12O4/c1-3-7(9)11-5-6(4-8)10-2/h3,6,8H,1,4-5H2,2H3. The largest absolute Gasteiger partial charge is 0.460 e. The average molecular weight is 160 g/mol. The lowest BCUT2D eigenvalue weighted by Crippen LogP contribution is -2.23. The van der Waals surface area contributed by atoms with E-state index in [0.717, 1.165) is 6.08 Å². The van der Waals surface area contributed by atoms with Crippen molar-refractivity contribution in [3.05, 3.63) is 12.7 Å². The van der Waals surface area contributed by atoms with Gasteiger partial charge in [-0.25, -0.2) is 4.79 Å². The molecule has 1 N–H and O–H groups in total.